The number of aliphatic carboxylic acids is 1. The minimum Gasteiger partial charge on any atom is -0.481 e. The van der Waals surface area contributed by atoms with Crippen molar-refractivity contribution in [1.82, 2.24) is 4.98 Å². The molecular weight excluding hydrogens is 281 g/mol. The van der Waals surface area contributed by atoms with E-state index in [1.165, 1.54) is 12.1 Å². The summed E-state index contributed by atoms with van der Waals surface area (Å²) in [5, 5.41) is 8.64. The van der Waals surface area contributed by atoms with Crippen LogP contribution in [0.5, 0.6) is 0 Å². The molecule has 3 nitrogen and oxygen atoms in total. The predicted molar refractivity (Wildman–Crippen MR) is 83.8 cm³/mol. The summed E-state index contributed by atoms with van der Waals surface area (Å²) in [6.07, 6.45) is 7.95. The molecule has 1 N–H and O–H groups in total. The number of hydrogen-bond donors (Lipinski definition) is 1. The van der Waals surface area contributed by atoms with E-state index in [0.29, 0.717) is 6.42 Å². The molecule has 1 heterocycles. The number of aromatic nitrogens is 1. The molecule has 0 bridgehead atoms. The highest BCUT2D eigenvalue weighted by molar-refractivity contribution is 5.79. The van der Waals surface area contributed by atoms with Crippen molar-refractivity contribution in [2.45, 2.75) is 25.7 Å². The number of carboxylic acids is 1. The number of hydrogen-bond acceptors (Lipinski definition) is 2. The number of pyridine rings is 1. The molecule has 114 valence electrons. The van der Waals surface area contributed by atoms with Crippen LogP contribution in [0, 0.1) is 5.82 Å². The van der Waals surface area contributed by atoms with E-state index in [0.717, 1.165) is 29.5 Å². The molecule has 1 aromatic carbocycles. The number of allylic oxidation sites excluding steroid dienone is 1. The fraction of sp³-hybridized carbons (Fsp3) is 0.222. The third-order valence-corrected chi connectivity index (χ3v) is 3.32. The second-order valence-corrected chi connectivity index (χ2v) is 5.01. The van der Waals surface area contributed by atoms with Gasteiger partial charge in [-0.15, -0.1) is 0 Å². The number of unbranched alkanes of at least 4 members (excludes halogenated alkanes) is 2. The summed E-state index contributed by atoms with van der Waals surface area (Å²) >= 11 is 0. The topological polar surface area (TPSA) is 50.2 Å². The maximum Gasteiger partial charge on any atom is 0.303 e. The molecule has 0 amide bonds. The summed E-state index contributed by atoms with van der Waals surface area (Å²) in [6.45, 7) is 0. The molecule has 2 aromatic rings. The van der Waals surface area contributed by atoms with Crippen LogP contribution in [0.2, 0.25) is 0 Å². The van der Waals surface area contributed by atoms with Gasteiger partial charge in [0.1, 0.15) is 5.82 Å². The van der Waals surface area contributed by atoms with Crippen LogP contribution in [-0.2, 0) is 4.79 Å². The van der Waals surface area contributed by atoms with Crippen LogP contribution in [0.1, 0.15) is 36.8 Å². The first kappa shape index (κ1) is 15.9. The third-order valence-electron chi connectivity index (χ3n) is 3.32. The van der Waals surface area contributed by atoms with Crippen molar-refractivity contribution in [3.8, 4) is 0 Å². The van der Waals surface area contributed by atoms with Crippen LogP contribution >= 0.6 is 0 Å². The highest BCUT2D eigenvalue weighted by Crippen LogP contribution is 2.24. The Balaban J connectivity index is 2.15. The van der Waals surface area contributed by atoms with Gasteiger partial charge in [0.25, 0.3) is 0 Å². The molecule has 0 radical (unpaired) electrons. The fourth-order valence-electron chi connectivity index (χ4n) is 2.22. The fourth-order valence-corrected chi connectivity index (χ4v) is 2.22. The first-order chi connectivity index (χ1) is 10.7. The zero-order valence-electron chi connectivity index (χ0n) is 12.2. The van der Waals surface area contributed by atoms with Gasteiger partial charge in [0.15, 0.2) is 0 Å². The van der Waals surface area contributed by atoms with E-state index >= 15 is 0 Å². The predicted octanol–water partition coefficient (Wildman–Crippen LogP) is 4.30. The number of rotatable bonds is 7. The van der Waals surface area contributed by atoms with Crippen LogP contribution < -0.4 is 0 Å². The lowest BCUT2D eigenvalue weighted by molar-refractivity contribution is -0.137. The van der Waals surface area contributed by atoms with Crippen LogP contribution in [0.25, 0.3) is 5.57 Å². The second-order valence-electron chi connectivity index (χ2n) is 5.01. The van der Waals surface area contributed by atoms with Gasteiger partial charge in [-0.1, -0.05) is 24.3 Å². The van der Waals surface area contributed by atoms with Crippen molar-refractivity contribution in [2.75, 3.05) is 0 Å². The molecule has 0 saturated carbocycles. The maximum atomic E-state index is 13.1. The van der Waals surface area contributed by atoms with Crippen LogP contribution in [0.3, 0.4) is 0 Å². The Kier molecular flexibility index (Phi) is 5.83. The highest BCUT2D eigenvalue weighted by atomic mass is 19.1. The van der Waals surface area contributed by atoms with Crippen molar-refractivity contribution in [3.05, 3.63) is 71.8 Å². The molecule has 0 aliphatic carbocycles. The highest BCUT2D eigenvalue weighted by Gasteiger charge is 2.05. The number of carboxylic acid groups (broad SMARTS) is 1. The Hall–Kier alpha value is -2.49. The Morgan fingerprint density at radius 2 is 1.91 bits per heavy atom. The molecule has 0 saturated heterocycles. The Morgan fingerprint density at radius 1 is 1.14 bits per heavy atom. The van der Waals surface area contributed by atoms with Crippen molar-refractivity contribution in [1.29, 1.82) is 0 Å². The Labute approximate surface area is 129 Å². The molecule has 0 spiro atoms. The van der Waals surface area contributed by atoms with E-state index in [1.807, 2.05) is 12.1 Å². The lowest BCUT2D eigenvalue weighted by Crippen LogP contribution is -1.93. The first-order valence-electron chi connectivity index (χ1n) is 7.25. The van der Waals surface area contributed by atoms with Crippen LogP contribution in [0.15, 0.2) is 54.9 Å². The largest absolute Gasteiger partial charge is 0.481 e. The van der Waals surface area contributed by atoms with Gasteiger partial charge in [-0.3, -0.25) is 9.78 Å². The zero-order valence-corrected chi connectivity index (χ0v) is 12.2. The molecule has 0 aliphatic rings. The first-order valence-corrected chi connectivity index (χ1v) is 7.25. The zero-order chi connectivity index (χ0) is 15.8. The summed E-state index contributed by atoms with van der Waals surface area (Å²) in [7, 11) is 0. The van der Waals surface area contributed by atoms with E-state index in [1.54, 1.807) is 24.5 Å². The number of carbonyl (C=O) groups is 1. The second kappa shape index (κ2) is 8.08. The van der Waals surface area contributed by atoms with Crippen molar-refractivity contribution < 1.29 is 14.3 Å². The summed E-state index contributed by atoms with van der Waals surface area (Å²) < 4.78 is 13.1. The van der Waals surface area contributed by atoms with Gasteiger partial charge in [0.05, 0.1) is 0 Å². The average molecular weight is 299 g/mol. The lowest BCUT2D eigenvalue weighted by atomic mass is 9.97. The molecule has 0 unspecified atom stereocenters. The van der Waals surface area contributed by atoms with Gasteiger partial charge in [0, 0.05) is 24.4 Å². The van der Waals surface area contributed by atoms with Crippen molar-refractivity contribution >= 4 is 11.5 Å². The number of halogens is 1. The Morgan fingerprint density at radius 3 is 2.55 bits per heavy atom. The minimum atomic E-state index is -0.769. The van der Waals surface area contributed by atoms with E-state index < -0.39 is 5.97 Å². The van der Waals surface area contributed by atoms with E-state index in [2.05, 4.69) is 11.1 Å². The summed E-state index contributed by atoms with van der Waals surface area (Å²) in [5.41, 5.74) is 2.88. The van der Waals surface area contributed by atoms with Gasteiger partial charge in [-0.25, -0.2) is 4.39 Å². The molecule has 2 rings (SSSR count). The monoisotopic (exact) mass is 299 g/mol. The van der Waals surface area contributed by atoms with Gasteiger partial charge in [0.2, 0.25) is 0 Å². The van der Waals surface area contributed by atoms with Gasteiger partial charge < -0.3 is 5.11 Å². The maximum absolute atomic E-state index is 13.1. The molecule has 22 heavy (non-hydrogen) atoms. The van der Waals surface area contributed by atoms with E-state index in [-0.39, 0.29) is 12.2 Å². The SMILES string of the molecule is O=C(O)CCCC/C=C(\c1ccc(F)cc1)c1cccnc1. The van der Waals surface area contributed by atoms with Gasteiger partial charge in [-0.05, 0) is 48.6 Å². The Bertz CT molecular complexity index is 636. The third kappa shape index (κ3) is 4.81. The molecule has 0 atom stereocenters. The summed E-state index contributed by atoms with van der Waals surface area (Å²) in [4.78, 5) is 14.6. The summed E-state index contributed by atoms with van der Waals surface area (Å²) in [5.74, 6) is -1.04. The number of nitrogens with zero attached hydrogens (tertiary/aromatic N) is 1. The molecular formula is C18H18FNO2. The average Bonchev–Trinajstić information content (AvgIpc) is 2.53. The van der Waals surface area contributed by atoms with Gasteiger partial charge >= 0.3 is 5.97 Å². The summed E-state index contributed by atoms with van der Waals surface area (Å²) in [6, 6.07) is 10.2. The van der Waals surface area contributed by atoms with E-state index in [4.69, 9.17) is 5.11 Å². The van der Waals surface area contributed by atoms with Crippen LogP contribution in [0.4, 0.5) is 4.39 Å². The quantitative estimate of drug-likeness (QED) is 0.776. The number of benzene rings is 1. The van der Waals surface area contributed by atoms with E-state index in [9.17, 15) is 9.18 Å². The molecule has 0 aliphatic heterocycles. The minimum absolute atomic E-state index is 0.187. The van der Waals surface area contributed by atoms with Crippen molar-refractivity contribution in [2.24, 2.45) is 0 Å². The van der Waals surface area contributed by atoms with Gasteiger partial charge in [-0.2, -0.15) is 0 Å². The molecule has 0 fully saturated rings. The molecule has 1 aromatic heterocycles. The standard InChI is InChI=1S/C18H18FNO2/c19-16-10-8-14(9-11-16)17(15-5-4-12-20-13-15)6-2-1-3-7-18(21)22/h4-6,8-13H,1-3,7H2,(H,21,22)/b17-6+. The smallest absolute Gasteiger partial charge is 0.303 e. The normalized spacial score (nSPS) is 11.4. The lowest BCUT2D eigenvalue weighted by Gasteiger charge is -2.08. The molecule has 4 heteroatoms. The van der Waals surface area contributed by atoms with Crippen LogP contribution in [-0.4, -0.2) is 16.1 Å². The van der Waals surface area contributed by atoms with Crippen molar-refractivity contribution in [3.63, 3.8) is 0 Å².